The average molecular weight is 296 g/mol. The van der Waals surface area contributed by atoms with Gasteiger partial charge in [0, 0.05) is 6.42 Å². The summed E-state index contributed by atoms with van der Waals surface area (Å²) in [6.07, 6.45) is 2.17. The molecule has 0 spiro atoms. The molecule has 3 rings (SSSR count). The van der Waals surface area contributed by atoms with Gasteiger partial charge in [-0.2, -0.15) is 0 Å². The molecule has 1 aromatic heterocycles. The molecule has 112 valence electrons. The molecule has 0 saturated heterocycles. The van der Waals surface area contributed by atoms with Crippen molar-refractivity contribution in [2.24, 2.45) is 0 Å². The fourth-order valence-electron chi connectivity index (χ4n) is 2.14. The van der Waals surface area contributed by atoms with E-state index in [1.807, 2.05) is 36.4 Å². The van der Waals surface area contributed by atoms with Crippen molar-refractivity contribution in [2.45, 2.75) is 6.42 Å². The molecule has 0 atom stereocenters. The molecule has 0 aliphatic heterocycles. The largest absolute Gasteiger partial charge is 0.493 e. The van der Waals surface area contributed by atoms with Gasteiger partial charge in [-0.1, -0.05) is 18.2 Å². The Morgan fingerprint density at radius 3 is 2.45 bits per heavy atom. The predicted molar refractivity (Wildman–Crippen MR) is 84.5 cm³/mol. The molecular weight excluding hydrogens is 280 g/mol. The van der Waals surface area contributed by atoms with Crippen LogP contribution in [0.15, 0.2) is 70.1 Å². The third-order valence-corrected chi connectivity index (χ3v) is 3.23. The first kappa shape index (κ1) is 14.2. The molecular formula is C18H16O4. The summed E-state index contributed by atoms with van der Waals surface area (Å²) < 4.78 is 16.1. The molecule has 4 heteroatoms. The molecule has 0 N–H and O–H groups in total. The van der Waals surface area contributed by atoms with Crippen molar-refractivity contribution in [3.8, 4) is 11.5 Å². The Morgan fingerprint density at radius 2 is 1.64 bits per heavy atom. The van der Waals surface area contributed by atoms with Crippen molar-refractivity contribution in [3.05, 3.63) is 71.3 Å². The van der Waals surface area contributed by atoms with Crippen molar-refractivity contribution in [1.82, 2.24) is 0 Å². The van der Waals surface area contributed by atoms with Crippen molar-refractivity contribution < 1.29 is 13.9 Å². The van der Waals surface area contributed by atoms with Crippen LogP contribution in [0.1, 0.15) is 6.42 Å². The lowest BCUT2D eigenvalue weighted by molar-refractivity contribution is 0.247. The number of ether oxygens (including phenoxy) is 2. The van der Waals surface area contributed by atoms with Gasteiger partial charge < -0.3 is 13.9 Å². The van der Waals surface area contributed by atoms with Crippen LogP contribution in [0, 0.1) is 0 Å². The van der Waals surface area contributed by atoms with Gasteiger partial charge in [0.25, 0.3) is 0 Å². The molecule has 22 heavy (non-hydrogen) atoms. The minimum Gasteiger partial charge on any atom is -0.493 e. The summed E-state index contributed by atoms with van der Waals surface area (Å²) >= 11 is 0. The summed E-state index contributed by atoms with van der Waals surface area (Å²) in [7, 11) is 0. The van der Waals surface area contributed by atoms with E-state index in [1.165, 1.54) is 6.26 Å². The molecule has 4 nitrogen and oxygen atoms in total. The Balaban J connectivity index is 1.50. The van der Waals surface area contributed by atoms with E-state index in [9.17, 15) is 4.79 Å². The van der Waals surface area contributed by atoms with Crippen LogP contribution in [0.5, 0.6) is 11.5 Å². The second-order valence-corrected chi connectivity index (χ2v) is 4.82. The van der Waals surface area contributed by atoms with Gasteiger partial charge >= 0.3 is 5.63 Å². The Labute approximate surface area is 127 Å². The molecule has 2 aromatic carbocycles. The summed E-state index contributed by atoms with van der Waals surface area (Å²) in [6, 6.07) is 16.8. The van der Waals surface area contributed by atoms with E-state index < -0.39 is 0 Å². The number of fused-ring (bicyclic) bond motifs is 1. The number of para-hydroxylation sites is 1. The number of hydrogen-bond donors (Lipinski definition) is 0. The molecule has 0 saturated carbocycles. The minimum atomic E-state index is -0.333. The number of benzene rings is 2. The molecule has 0 radical (unpaired) electrons. The van der Waals surface area contributed by atoms with Gasteiger partial charge in [0.05, 0.1) is 24.9 Å². The molecule has 0 aliphatic rings. The topological polar surface area (TPSA) is 48.7 Å². The Morgan fingerprint density at radius 1 is 0.864 bits per heavy atom. The average Bonchev–Trinajstić information content (AvgIpc) is 2.56. The summed E-state index contributed by atoms with van der Waals surface area (Å²) in [5, 5.41) is 1.37. The highest BCUT2D eigenvalue weighted by Gasteiger charge is 2.02. The first-order valence-electron chi connectivity index (χ1n) is 7.15. The van der Waals surface area contributed by atoms with Gasteiger partial charge in [-0.3, -0.25) is 0 Å². The Hall–Kier alpha value is -2.75. The zero-order chi connectivity index (χ0) is 15.2. The summed E-state index contributed by atoms with van der Waals surface area (Å²) in [5.41, 5.74) is -0.333. The second-order valence-electron chi connectivity index (χ2n) is 4.82. The van der Waals surface area contributed by atoms with Gasteiger partial charge in [0.15, 0.2) is 0 Å². The summed E-state index contributed by atoms with van der Waals surface area (Å²) in [5.74, 6) is 1.60. The Kier molecular flexibility index (Phi) is 4.39. The zero-order valence-electron chi connectivity index (χ0n) is 12.0. The highest BCUT2D eigenvalue weighted by Crippen LogP contribution is 2.18. The van der Waals surface area contributed by atoms with Crippen LogP contribution >= 0.6 is 0 Å². The maximum Gasteiger partial charge on any atom is 0.343 e. The van der Waals surface area contributed by atoms with Crippen molar-refractivity contribution in [2.75, 3.05) is 13.2 Å². The zero-order valence-corrected chi connectivity index (χ0v) is 12.0. The molecule has 1 heterocycles. The fraction of sp³-hybridized carbons (Fsp3) is 0.167. The van der Waals surface area contributed by atoms with E-state index in [0.717, 1.165) is 23.3 Å². The number of hydrogen-bond acceptors (Lipinski definition) is 4. The van der Waals surface area contributed by atoms with Crippen LogP contribution in [0.3, 0.4) is 0 Å². The van der Waals surface area contributed by atoms with E-state index in [1.54, 1.807) is 18.2 Å². The van der Waals surface area contributed by atoms with Crippen molar-refractivity contribution >= 4 is 10.8 Å². The predicted octanol–water partition coefficient (Wildman–Crippen LogP) is 3.64. The minimum absolute atomic E-state index is 0.333. The maximum atomic E-state index is 11.5. The quantitative estimate of drug-likeness (QED) is 0.652. The van der Waals surface area contributed by atoms with E-state index in [-0.39, 0.29) is 5.63 Å². The Bertz CT molecular complexity index is 793. The summed E-state index contributed by atoms with van der Waals surface area (Å²) in [4.78, 5) is 11.5. The second kappa shape index (κ2) is 6.80. The fourth-order valence-corrected chi connectivity index (χ4v) is 2.14. The third kappa shape index (κ3) is 3.47. The molecule has 0 bridgehead atoms. The van der Waals surface area contributed by atoms with Gasteiger partial charge in [-0.05, 0) is 41.8 Å². The van der Waals surface area contributed by atoms with Crippen LogP contribution < -0.4 is 15.1 Å². The van der Waals surface area contributed by atoms with Gasteiger partial charge in [-0.15, -0.1) is 0 Å². The third-order valence-electron chi connectivity index (χ3n) is 3.23. The van der Waals surface area contributed by atoms with E-state index in [2.05, 4.69) is 0 Å². The SMILES string of the molecule is O=c1occc2cc(OCCCOc3ccccc3)ccc12. The first-order chi connectivity index (χ1) is 10.8. The van der Waals surface area contributed by atoms with Crippen LogP contribution in [-0.4, -0.2) is 13.2 Å². The highest BCUT2D eigenvalue weighted by molar-refractivity contribution is 5.82. The molecule has 0 amide bonds. The first-order valence-corrected chi connectivity index (χ1v) is 7.15. The molecule has 0 fully saturated rings. The van der Waals surface area contributed by atoms with Gasteiger partial charge in [0.2, 0.25) is 0 Å². The smallest absolute Gasteiger partial charge is 0.343 e. The van der Waals surface area contributed by atoms with Crippen LogP contribution in [0.2, 0.25) is 0 Å². The lowest BCUT2D eigenvalue weighted by atomic mass is 10.2. The normalized spacial score (nSPS) is 10.5. The van der Waals surface area contributed by atoms with E-state index in [0.29, 0.717) is 18.6 Å². The highest BCUT2D eigenvalue weighted by atomic mass is 16.5. The molecule has 0 aliphatic carbocycles. The maximum absolute atomic E-state index is 11.5. The van der Waals surface area contributed by atoms with Crippen LogP contribution in [-0.2, 0) is 0 Å². The van der Waals surface area contributed by atoms with Crippen LogP contribution in [0.4, 0.5) is 0 Å². The monoisotopic (exact) mass is 296 g/mol. The van der Waals surface area contributed by atoms with Crippen molar-refractivity contribution in [3.63, 3.8) is 0 Å². The van der Waals surface area contributed by atoms with E-state index >= 15 is 0 Å². The molecule has 0 unspecified atom stereocenters. The molecule has 3 aromatic rings. The lowest BCUT2D eigenvalue weighted by Crippen LogP contribution is -2.05. The van der Waals surface area contributed by atoms with Crippen molar-refractivity contribution in [1.29, 1.82) is 0 Å². The lowest BCUT2D eigenvalue weighted by Gasteiger charge is -2.08. The van der Waals surface area contributed by atoms with Gasteiger partial charge in [-0.25, -0.2) is 4.79 Å². The standard InChI is InChI=1S/C18H16O4/c19-18-17-8-7-16(13-14(17)9-12-22-18)21-11-4-10-20-15-5-2-1-3-6-15/h1-3,5-9,12-13H,4,10-11H2. The van der Waals surface area contributed by atoms with Crippen LogP contribution in [0.25, 0.3) is 10.8 Å². The summed E-state index contributed by atoms with van der Waals surface area (Å²) in [6.45, 7) is 1.15. The number of rotatable bonds is 6. The van der Waals surface area contributed by atoms with E-state index in [4.69, 9.17) is 13.9 Å². The van der Waals surface area contributed by atoms with Gasteiger partial charge in [0.1, 0.15) is 11.5 Å².